The van der Waals surface area contributed by atoms with Gasteiger partial charge in [-0.05, 0) is 12.1 Å². The highest BCUT2D eigenvalue weighted by Gasteiger charge is 2.18. The quantitative estimate of drug-likeness (QED) is 0.879. The molecule has 0 aliphatic heterocycles. The summed E-state index contributed by atoms with van der Waals surface area (Å²) in [4.78, 5) is 20.3. The largest absolute Gasteiger partial charge is 0.384 e. The molecule has 0 atom stereocenters. The standard InChI is InChI=1S/C14H19N5O2/c1-14(2,3)10-6-9(7-11(15)18-10)13(20)16-5-4-12-17-8-21-19-12/h6-8H,4-5H2,1-3H3,(H2,15,18)(H,16,20). The predicted molar refractivity (Wildman–Crippen MR) is 77.7 cm³/mol. The van der Waals surface area contributed by atoms with Crippen molar-refractivity contribution in [2.24, 2.45) is 0 Å². The van der Waals surface area contributed by atoms with E-state index in [1.165, 1.54) is 6.39 Å². The smallest absolute Gasteiger partial charge is 0.251 e. The Bertz CT molecular complexity index is 617. The van der Waals surface area contributed by atoms with Crippen LogP contribution in [0.1, 0.15) is 42.6 Å². The van der Waals surface area contributed by atoms with Crippen molar-refractivity contribution in [3.05, 3.63) is 35.6 Å². The number of rotatable bonds is 4. The van der Waals surface area contributed by atoms with Crippen molar-refractivity contribution >= 4 is 11.7 Å². The van der Waals surface area contributed by atoms with Crippen LogP contribution in [0.25, 0.3) is 0 Å². The molecule has 2 heterocycles. The van der Waals surface area contributed by atoms with Crippen LogP contribution < -0.4 is 11.1 Å². The number of nitrogen functional groups attached to an aromatic ring is 1. The van der Waals surface area contributed by atoms with Crippen molar-refractivity contribution in [3.8, 4) is 0 Å². The van der Waals surface area contributed by atoms with E-state index in [-0.39, 0.29) is 11.3 Å². The molecule has 0 fully saturated rings. The van der Waals surface area contributed by atoms with Gasteiger partial charge < -0.3 is 15.6 Å². The Balaban J connectivity index is 2.03. The van der Waals surface area contributed by atoms with Crippen LogP contribution in [-0.4, -0.2) is 27.6 Å². The summed E-state index contributed by atoms with van der Waals surface area (Å²) in [5, 5.41) is 6.48. The first-order valence-electron chi connectivity index (χ1n) is 6.68. The third-order valence-corrected chi connectivity index (χ3v) is 2.92. The van der Waals surface area contributed by atoms with E-state index in [9.17, 15) is 4.79 Å². The maximum Gasteiger partial charge on any atom is 0.251 e. The lowest BCUT2D eigenvalue weighted by molar-refractivity contribution is 0.0953. The SMILES string of the molecule is CC(C)(C)c1cc(C(=O)NCCc2ncon2)cc(N)n1. The first-order valence-corrected chi connectivity index (χ1v) is 6.68. The molecule has 0 saturated carbocycles. The summed E-state index contributed by atoms with van der Waals surface area (Å²) in [6.45, 7) is 6.48. The van der Waals surface area contributed by atoms with E-state index < -0.39 is 0 Å². The Morgan fingerprint density at radius 1 is 1.38 bits per heavy atom. The molecule has 2 aromatic heterocycles. The number of aromatic nitrogens is 3. The number of pyridine rings is 1. The zero-order valence-electron chi connectivity index (χ0n) is 12.4. The minimum Gasteiger partial charge on any atom is -0.384 e. The average molecular weight is 289 g/mol. The molecule has 0 unspecified atom stereocenters. The van der Waals surface area contributed by atoms with Crippen molar-refractivity contribution in [2.75, 3.05) is 12.3 Å². The van der Waals surface area contributed by atoms with Gasteiger partial charge in [-0.15, -0.1) is 0 Å². The van der Waals surface area contributed by atoms with E-state index in [1.54, 1.807) is 12.1 Å². The van der Waals surface area contributed by atoms with Gasteiger partial charge in [0.05, 0.1) is 0 Å². The van der Waals surface area contributed by atoms with Gasteiger partial charge in [0.25, 0.3) is 5.91 Å². The number of amides is 1. The fraction of sp³-hybridized carbons (Fsp3) is 0.429. The van der Waals surface area contributed by atoms with Crippen LogP contribution in [0, 0.1) is 0 Å². The topological polar surface area (TPSA) is 107 Å². The van der Waals surface area contributed by atoms with Crippen molar-refractivity contribution in [1.29, 1.82) is 0 Å². The monoisotopic (exact) mass is 289 g/mol. The Hall–Kier alpha value is -2.44. The molecule has 0 spiro atoms. The molecule has 0 bridgehead atoms. The van der Waals surface area contributed by atoms with Crippen LogP contribution in [0.5, 0.6) is 0 Å². The molecule has 112 valence electrons. The van der Waals surface area contributed by atoms with Crippen LogP contribution in [0.3, 0.4) is 0 Å². The Morgan fingerprint density at radius 3 is 2.76 bits per heavy atom. The summed E-state index contributed by atoms with van der Waals surface area (Å²) in [7, 11) is 0. The van der Waals surface area contributed by atoms with E-state index in [0.717, 1.165) is 5.69 Å². The second kappa shape index (κ2) is 5.90. The van der Waals surface area contributed by atoms with Crippen molar-refractivity contribution in [1.82, 2.24) is 20.4 Å². The Morgan fingerprint density at radius 2 is 2.14 bits per heavy atom. The van der Waals surface area contributed by atoms with E-state index in [2.05, 4.69) is 25.0 Å². The van der Waals surface area contributed by atoms with E-state index >= 15 is 0 Å². The van der Waals surface area contributed by atoms with Crippen LogP contribution in [0.4, 0.5) is 5.82 Å². The molecule has 1 amide bonds. The number of hydrogen-bond donors (Lipinski definition) is 2. The molecular formula is C14H19N5O2. The lowest BCUT2D eigenvalue weighted by Crippen LogP contribution is -2.27. The van der Waals surface area contributed by atoms with Crippen molar-refractivity contribution in [3.63, 3.8) is 0 Å². The van der Waals surface area contributed by atoms with Crippen LogP contribution in [-0.2, 0) is 11.8 Å². The van der Waals surface area contributed by atoms with Crippen LogP contribution in [0.15, 0.2) is 23.0 Å². The highest BCUT2D eigenvalue weighted by Crippen LogP contribution is 2.22. The summed E-state index contributed by atoms with van der Waals surface area (Å²) >= 11 is 0. The van der Waals surface area contributed by atoms with E-state index in [4.69, 9.17) is 5.73 Å². The van der Waals surface area contributed by atoms with Gasteiger partial charge in [0.15, 0.2) is 5.82 Å². The highest BCUT2D eigenvalue weighted by atomic mass is 16.5. The van der Waals surface area contributed by atoms with Crippen molar-refractivity contribution < 1.29 is 9.32 Å². The third kappa shape index (κ3) is 4.01. The number of hydrogen-bond acceptors (Lipinski definition) is 6. The summed E-state index contributed by atoms with van der Waals surface area (Å²) < 4.78 is 4.63. The molecule has 0 saturated heterocycles. The lowest BCUT2D eigenvalue weighted by atomic mass is 9.90. The van der Waals surface area contributed by atoms with E-state index in [1.807, 2.05) is 20.8 Å². The lowest BCUT2D eigenvalue weighted by Gasteiger charge is -2.19. The van der Waals surface area contributed by atoms with Gasteiger partial charge >= 0.3 is 0 Å². The minimum absolute atomic E-state index is 0.172. The minimum atomic E-state index is -0.196. The first-order chi connectivity index (χ1) is 9.86. The van der Waals surface area contributed by atoms with Gasteiger partial charge in [-0.1, -0.05) is 25.9 Å². The molecule has 3 N–H and O–H groups in total. The maximum atomic E-state index is 12.1. The normalized spacial score (nSPS) is 11.4. The fourth-order valence-corrected chi connectivity index (χ4v) is 1.76. The molecule has 0 aliphatic carbocycles. The average Bonchev–Trinajstić information content (AvgIpc) is 2.90. The number of anilines is 1. The van der Waals surface area contributed by atoms with Gasteiger partial charge in [0, 0.05) is 29.6 Å². The van der Waals surface area contributed by atoms with Crippen LogP contribution >= 0.6 is 0 Å². The van der Waals surface area contributed by atoms with Crippen LogP contribution in [0.2, 0.25) is 0 Å². The number of nitrogens with two attached hydrogens (primary N) is 1. The van der Waals surface area contributed by atoms with Gasteiger partial charge in [-0.25, -0.2) is 4.98 Å². The molecule has 21 heavy (non-hydrogen) atoms. The molecule has 7 nitrogen and oxygen atoms in total. The van der Waals surface area contributed by atoms with Crippen molar-refractivity contribution in [2.45, 2.75) is 32.6 Å². The molecule has 2 rings (SSSR count). The summed E-state index contributed by atoms with van der Waals surface area (Å²) in [5.41, 5.74) is 6.89. The second-order valence-electron chi connectivity index (χ2n) is 5.77. The molecule has 2 aromatic rings. The maximum absolute atomic E-state index is 12.1. The summed E-state index contributed by atoms with van der Waals surface area (Å²) in [6.07, 6.45) is 1.77. The fourth-order valence-electron chi connectivity index (χ4n) is 1.76. The predicted octanol–water partition coefficient (Wildman–Crippen LogP) is 1.32. The molecule has 0 aliphatic rings. The number of carbonyl (C=O) groups is 1. The molecule has 0 aromatic carbocycles. The third-order valence-electron chi connectivity index (χ3n) is 2.92. The number of nitrogens with one attached hydrogen (secondary N) is 1. The highest BCUT2D eigenvalue weighted by molar-refractivity contribution is 5.94. The number of nitrogens with zero attached hydrogens (tertiary/aromatic N) is 3. The Kier molecular flexibility index (Phi) is 4.21. The number of carbonyl (C=O) groups excluding carboxylic acids is 1. The van der Waals surface area contributed by atoms with Gasteiger partial charge in [-0.3, -0.25) is 4.79 Å². The van der Waals surface area contributed by atoms with Gasteiger partial charge in [0.2, 0.25) is 6.39 Å². The molecular weight excluding hydrogens is 270 g/mol. The Labute approximate surface area is 122 Å². The van der Waals surface area contributed by atoms with Gasteiger partial charge in [-0.2, -0.15) is 4.98 Å². The van der Waals surface area contributed by atoms with E-state index in [0.29, 0.717) is 30.2 Å². The summed E-state index contributed by atoms with van der Waals surface area (Å²) in [5.74, 6) is 0.698. The zero-order valence-corrected chi connectivity index (χ0v) is 12.4. The molecule has 7 heteroatoms. The zero-order chi connectivity index (χ0) is 15.5. The summed E-state index contributed by atoms with van der Waals surface area (Å²) in [6, 6.07) is 3.33. The first kappa shape index (κ1) is 15.0. The molecule has 0 radical (unpaired) electrons. The second-order valence-corrected chi connectivity index (χ2v) is 5.77. The van der Waals surface area contributed by atoms with Gasteiger partial charge in [0.1, 0.15) is 5.82 Å².